The number of aromatic hydroxyl groups is 2. The van der Waals surface area contributed by atoms with Crippen LogP contribution >= 0.6 is 0 Å². The molecule has 72 heavy (non-hydrogen) atoms. The number of ether oxygens (including phenoxy) is 4. The lowest BCUT2D eigenvalue weighted by atomic mass is 9.95. The molecule has 0 saturated carbocycles. The molecular formula is C50H76N8O14. The van der Waals surface area contributed by atoms with Gasteiger partial charge in [-0.25, -0.2) is 19.2 Å². The molecule has 10 N–H and O–H groups in total. The second kappa shape index (κ2) is 25.9. The third-order valence-corrected chi connectivity index (χ3v) is 10.0. The van der Waals surface area contributed by atoms with Gasteiger partial charge in [-0.3, -0.25) is 19.2 Å². The Bertz CT molecular complexity index is 2240. The standard InChI is InChI=1S/C50H76N8O14/c1-47(2,3)69-43(65)52-21-13-15-33(39(61)51-23-24-54-45(67)71-49(7,8)9)55-41(63)35-27-31-25-29(17-19-37(31)59)30-18-20-38(60)32(26-30)28-36(58-46(68)72-50(10,11)12)42(64)56-34(40(62)57-35)16-14-22-53-44(66)70-48(4,5)6/h17-20,25-26,33-36,59-60H,13-16,21-24,27-28H2,1-12H3,(H,51,61)(H,52,65)(H,53,66)(H,54,67)(H,55,63)(H,56,64)(H,57,62)(H,58,68)/t33-,34-,35-,36-/m0/s1. The number of nitrogens with one attached hydrogen (secondary N) is 8. The van der Waals surface area contributed by atoms with Crippen molar-refractivity contribution >= 4 is 48.0 Å². The quantitative estimate of drug-likeness (QED) is 0.0871. The largest absolute Gasteiger partial charge is 0.508 e. The molecule has 4 bridgehead atoms. The molecular weight excluding hydrogens is 937 g/mol. The van der Waals surface area contributed by atoms with Gasteiger partial charge >= 0.3 is 24.4 Å². The van der Waals surface area contributed by atoms with Crippen molar-refractivity contribution in [3.63, 3.8) is 0 Å². The van der Waals surface area contributed by atoms with Crippen molar-refractivity contribution in [3.05, 3.63) is 47.5 Å². The van der Waals surface area contributed by atoms with Crippen molar-refractivity contribution < 1.29 is 67.5 Å². The summed E-state index contributed by atoms with van der Waals surface area (Å²) in [5, 5.41) is 43.3. The number of carbonyl (C=O) groups excluding carboxylic acids is 8. The Morgan fingerprint density at radius 3 is 1.53 bits per heavy atom. The van der Waals surface area contributed by atoms with Gasteiger partial charge in [-0.15, -0.1) is 0 Å². The Morgan fingerprint density at radius 1 is 0.583 bits per heavy atom. The molecule has 0 saturated heterocycles. The van der Waals surface area contributed by atoms with Gasteiger partial charge in [-0.2, -0.15) is 0 Å². The number of fused-ring (bicyclic) bond motifs is 5. The first-order chi connectivity index (χ1) is 33.3. The normalized spacial score (nSPS) is 16.9. The highest BCUT2D eigenvalue weighted by atomic mass is 16.6. The molecule has 0 spiro atoms. The minimum atomic E-state index is -1.53. The second-order valence-electron chi connectivity index (χ2n) is 21.3. The zero-order valence-electron chi connectivity index (χ0n) is 43.6. The molecule has 0 unspecified atom stereocenters. The summed E-state index contributed by atoms with van der Waals surface area (Å²) in [7, 11) is 0. The number of phenolic OH excluding ortho intramolecular Hbond substituents is 2. The van der Waals surface area contributed by atoms with E-state index in [4.69, 9.17) is 18.9 Å². The van der Waals surface area contributed by atoms with Crippen LogP contribution in [-0.2, 0) is 51.0 Å². The number of hydrogen-bond acceptors (Lipinski definition) is 14. The van der Waals surface area contributed by atoms with Gasteiger partial charge in [0.2, 0.25) is 23.6 Å². The molecule has 0 fully saturated rings. The lowest BCUT2D eigenvalue weighted by Gasteiger charge is -2.27. The van der Waals surface area contributed by atoms with Gasteiger partial charge in [-0.1, -0.05) is 12.1 Å². The van der Waals surface area contributed by atoms with Crippen molar-refractivity contribution in [3.8, 4) is 22.6 Å². The van der Waals surface area contributed by atoms with Crippen molar-refractivity contribution in [2.45, 2.75) is 168 Å². The molecule has 1 heterocycles. The summed E-state index contributed by atoms with van der Waals surface area (Å²) in [4.78, 5) is 108. The molecule has 4 atom stereocenters. The first-order valence-corrected chi connectivity index (χ1v) is 24.0. The molecule has 400 valence electrons. The topological polar surface area (TPSA) is 310 Å². The number of amides is 8. The molecule has 8 amide bonds. The van der Waals surface area contributed by atoms with Gasteiger partial charge in [0.15, 0.2) is 0 Å². The molecule has 0 radical (unpaired) electrons. The van der Waals surface area contributed by atoms with Crippen molar-refractivity contribution in [2.24, 2.45) is 0 Å². The maximum atomic E-state index is 14.6. The molecule has 1 aliphatic rings. The molecule has 0 aliphatic carbocycles. The van der Waals surface area contributed by atoms with Crippen LogP contribution in [0.5, 0.6) is 11.5 Å². The maximum Gasteiger partial charge on any atom is 0.408 e. The Hall–Kier alpha value is -7.00. The maximum absolute atomic E-state index is 14.6. The minimum Gasteiger partial charge on any atom is -0.508 e. The minimum absolute atomic E-state index is 0.00767. The summed E-state index contributed by atoms with van der Waals surface area (Å²) in [6.45, 7) is 20.1. The first kappa shape index (κ1) is 59.3. The SMILES string of the molecule is CC(C)(C)OC(=O)NCCC[C@H](NC(=O)[C@@H]1Cc2cc(ccc2O)-c2ccc(O)c(c2)C[C@H](NC(=O)OC(C)(C)C)C(=O)N[C@@H](CCCNC(=O)OC(C)(C)C)C(=O)N1)C(=O)NCCNC(=O)OC(C)(C)C. The van der Waals surface area contributed by atoms with Crippen LogP contribution in [0, 0.1) is 0 Å². The Morgan fingerprint density at radius 2 is 1.03 bits per heavy atom. The summed E-state index contributed by atoms with van der Waals surface area (Å²) < 4.78 is 21.3. The van der Waals surface area contributed by atoms with Gasteiger partial charge in [0.1, 0.15) is 58.1 Å². The van der Waals surface area contributed by atoms with Crippen LogP contribution in [0.25, 0.3) is 11.1 Å². The van der Waals surface area contributed by atoms with E-state index in [1.54, 1.807) is 107 Å². The Labute approximate surface area is 421 Å². The lowest BCUT2D eigenvalue weighted by Crippen LogP contribution is -2.59. The van der Waals surface area contributed by atoms with E-state index in [2.05, 4.69) is 42.5 Å². The van der Waals surface area contributed by atoms with Gasteiger partial charge < -0.3 is 71.7 Å². The highest BCUT2D eigenvalue weighted by molar-refractivity contribution is 5.95. The Kier molecular flexibility index (Phi) is 21.3. The van der Waals surface area contributed by atoms with Crippen LogP contribution in [0.2, 0.25) is 0 Å². The van der Waals surface area contributed by atoms with Gasteiger partial charge in [-0.05, 0) is 155 Å². The fourth-order valence-corrected chi connectivity index (χ4v) is 6.93. The highest BCUT2D eigenvalue weighted by Crippen LogP contribution is 2.31. The predicted octanol–water partition coefficient (Wildman–Crippen LogP) is 4.46. The van der Waals surface area contributed by atoms with E-state index in [1.807, 2.05) is 0 Å². The van der Waals surface area contributed by atoms with Crippen LogP contribution in [0.15, 0.2) is 36.4 Å². The van der Waals surface area contributed by atoms with E-state index in [0.29, 0.717) is 11.1 Å². The summed E-state index contributed by atoms with van der Waals surface area (Å²) in [5.41, 5.74) is -1.85. The van der Waals surface area contributed by atoms with E-state index in [-0.39, 0.29) is 87.3 Å². The molecule has 2 aromatic rings. The monoisotopic (exact) mass is 1010 g/mol. The third-order valence-electron chi connectivity index (χ3n) is 10.0. The number of carbonyl (C=O) groups is 8. The van der Waals surface area contributed by atoms with E-state index in [0.717, 1.165) is 0 Å². The number of rotatable bonds is 15. The fourth-order valence-electron chi connectivity index (χ4n) is 6.93. The zero-order chi connectivity index (χ0) is 54.2. The highest BCUT2D eigenvalue weighted by Gasteiger charge is 2.34. The smallest absolute Gasteiger partial charge is 0.408 e. The zero-order valence-corrected chi connectivity index (χ0v) is 43.6. The number of phenols is 2. The number of hydrogen-bond donors (Lipinski definition) is 10. The van der Waals surface area contributed by atoms with Crippen molar-refractivity contribution in [1.29, 1.82) is 0 Å². The predicted molar refractivity (Wildman–Crippen MR) is 266 cm³/mol. The Balaban J connectivity index is 2.08. The molecule has 22 nitrogen and oxygen atoms in total. The third kappa shape index (κ3) is 22.4. The second-order valence-corrected chi connectivity index (χ2v) is 21.3. The molecule has 2 aromatic carbocycles. The van der Waals surface area contributed by atoms with E-state index in [1.165, 1.54) is 12.1 Å². The van der Waals surface area contributed by atoms with Crippen molar-refractivity contribution in [2.75, 3.05) is 26.2 Å². The van der Waals surface area contributed by atoms with Crippen molar-refractivity contribution in [1.82, 2.24) is 42.5 Å². The van der Waals surface area contributed by atoms with Crippen LogP contribution in [0.1, 0.15) is 120 Å². The average molecular weight is 1010 g/mol. The first-order valence-electron chi connectivity index (χ1n) is 24.0. The summed E-state index contributed by atoms with van der Waals surface area (Å²) in [6.07, 6.45) is -3.63. The van der Waals surface area contributed by atoms with Crippen LogP contribution < -0.4 is 42.5 Å². The summed E-state index contributed by atoms with van der Waals surface area (Å²) in [6, 6.07) is 3.49. The number of benzene rings is 2. The summed E-state index contributed by atoms with van der Waals surface area (Å²) in [5.74, 6) is -3.75. The van der Waals surface area contributed by atoms with Crippen LogP contribution in [-0.4, -0.2) is 131 Å². The van der Waals surface area contributed by atoms with E-state index < -0.39 is 94.6 Å². The number of alkyl carbamates (subject to hydrolysis) is 4. The van der Waals surface area contributed by atoms with E-state index in [9.17, 15) is 48.6 Å². The lowest BCUT2D eigenvalue weighted by molar-refractivity contribution is -0.134. The molecule has 3 rings (SSSR count). The summed E-state index contributed by atoms with van der Waals surface area (Å²) >= 11 is 0. The molecule has 22 heteroatoms. The van der Waals surface area contributed by atoms with E-state index >= 15 is 0 Å². The molecule has 1 aliphatic heterocycles. The molecule has 0 aromatic heterocycles. The van der Waals surface area contributed by atoms with Crippen LogP contribution in [0.3, 0.4) is 0 Å². The fraction of sp³-hybridized carbons (Fsp3) is 0.600. The van der Waals surface area contributed by atoms with Crippen LogP contribution in [0.4, 0.5) is 19.2 Å². The van der Waals surface area contributed by atoms with Gasteiger partial charge in [0, 0.05) is 39.0 Å². The van der Waals surface area contributed by atoms with Gasteiger partial charge in [0.05, 0.1) is 0 Å². The average Bonchev–Trinajstić information content (AvgIpc) is 3.22. The van der Waals surface area contributed by atoms with Gasteiger partial charge in [0.25, 0.3) is 0 Å².